The maximum atomic E-state index is 14.2. The van der Waals surface area contributed by atoms with Gasteiger partial charge in [0.15, 0.2) is 5.78 Å². The molecule has 0 aliphatic rings. The van der Waals surface area contributed by atoms with E-state index in [2.05, 4.69) is 16.2 Å². The molecular weight excluding hydrogens is 482 g/mol. The van der Waals surface area contributed by atoms with Gasteiger partial charge in [-0.25, -0.2) is 13.2 Å². The van der Waals surface area contributed by atoms with Gasteiger partial charge < -0.3 is 9.47 Å². The van der Waals surface area contributed by atoms with Gasteiger partial charge >= 0.3 is 6.09 Å². The van der Waals surface area contributed by atoms with Crippen LogP contribution in [-0.2, 0) is 25.8 Å². The molecular formula is C26H37N3O6S. The number of alkyl carbamates (subject to hydrolysis) is 1. The van der Waals surface area contributed by atoms with Crippen molar-refractivity contribution in [2.45, 2.75) is 56.4 Å². The van der Waals surface area contributed by atoms with Crippen LogP contribution in [0.25, 0.3) is 0 Å². The second kappa shape index (κ2) is 12.3. The summed E-state index contributed by atoms with van der Waals surface area (Å²) < 4.78 is 38.9. The average molecular weight is 520 g/mol. The number of carbonyl (C=O) groups is 2. The van der Waals surface area contributed by atoms with Gasteiger partial charge in [0.1, 0.15) is 11.4 Å². The number of Topliss-reactive ketones (excluding diaryl/α,β-unsaturated/α-hetero) is 1. The van der Waals surface area contributed by atoms with Crippen LogP contribution in [0, 0.1) is 5.92 Å². The Hall–Kier alpha value is -2.95. The molecule has 0 aliphatic heterocycles. The third-order valence-corrected chi connectivity index (χ3v) is 7.45. The zero-order chi connectivity index (χ0) is 27.0. The molecule has 0 radical (unpaired) electrons. The van der Waals surface area contributed by atoms with Crippen LogP contribution < -0.4 is 20.9 Å². The number of benzene rings is 2. The number of methoxy groups -OCH3 is 1. The maximum absolute atomic E-state index is 14.2. The molecule has 0 bridgehead atoms. The molecule has 0 fully saturated rings. The Kier molecular flexibility index (Phi) is 10.0. The second-order valence-corrected chi connectivity index (χ2v) is 12.0. The van der Waals surface area contributed by atoms with Gasteiger partial charge in [-0.2, -0.15) is 0 Å². The number of hydrogen-bond donors (Lipinski definition) is 3. The SMILES string of the molecule is COc1ccc(S(=O)(=O)[C@](Cc2ccccc2)(NC(=O)OC(C)(C)C)C(=O)CNNCC(C)C)cc1. The molecule has 10 heteroatoms. The van der Waals surface area contributed by atoms with Crippen molar-refractivity contribution in [3.8, 4) is 5.75 Å². The van der Waals surface area contributed by atoms with Crippen molar-refractivity contribution in [2.75, 3.05) is 20.2 Å². The van der Waals surface area contributed by atoms with Crippen LogP contribution in [-0.4, -0.2) is 51.0 Å². The lowest BCUT2D eigenvalue weighted by Crippen LogP contribution is -2.64. The Labute approximate surface area is 213 Å². The zero-order valence-corrected chi connectivity index (χ0v) is 22.6. The molecule has 0 spiro atoms. The normalized spacial score (nSPS) is 13.6. The van der Waals surface area contributed by atoms with E-state index >= 15 is 0 Å². The highest BCUT2D eigenvalue weighted by atomic mass is 32.2. The Bertz CT molecular complexity index is 1110. The third kappa shape index (κ3) is 7.78. The van der Waals surface area contributed by atoms with Crippen molar-refractivity contribution in [3.05, 3.63) is 60.2 Å². The summed E-state index contributed by atoms with van der Waals surface area (Å²) in [5.41, 5.74) is 5.36. The summed E-state index contributed by atoms with van der Waals surface area (Å²) in [5.74, 6) is 0.00229. The lowest BCUT2D eigenvalue weighted by molar-refractivity contribution is -0.121. The quantitative estimate of drug-likeness (QED) is 0.289. The Morgan fingerprint density at radius 1 is 0.944 bits per heavy atom. The highest BCUT2D eigenvalue weighted by molar-refractivity contribution is 7.93. The first-order valence-electron chi connectivity index (χ1n) is 11.7. The number of ketones is 1. The van der Waals surface area contributed by atoms with E-state index in [4.69, 9.17) is 9.47 Å². The maximum Gasteiger partial charge on any atom is 0.409 e. The molecule has 1 atom stereocenters. The highest BCUT2D eigenvalue weighted by Crippen LogP contribution is 2.30. The number of rotatable bonds is 12. The monoisotopic (exact) mass is 519 g/mol. The standard InChI is InChI=1S/C26H37N3O6S/c1-19(2)17-27-28-18-23(30)26(16-20-10-8-7-9-11-20,29-24(31)35-25(3,4)5)36(32,33)22-14-12-21(34-6)13-15-22/h7-15,19,27-28H,16-18H2,1-6H3,(H,29,31)/t26-/m0/s1. The Balaban J connectivity index is 2.62. The number of hydrogen-bond acceptors (Lipinski definition) is 8. The lowest BCUT2D eigenvalue weighted by atomic mass is 10.0. The van der Waals surface area contributed by atoms with E-state index < -0.39 is 32.2 Å². The summed E-state index contributed by atoms with van der Waals surface area (Å²) >= 11 is 0. The number of carbonyl (C=O) groups excluding carboxylic acids is 2. The van der Waals surface area contributed by atoms with Crippen LogP contribution in [0.5, 0.6) is 5.75 Å². The predicted octanol–water partition coefficient (Wildman–Crippen LogP) is 3.25. The molecule has 3 N–H and O–H groups in total. The molecule has 0 saturated carbocycles. The molecule has 0 saturated heterocycles. The molecule has 2 aromatic rings. The fourth-order valence-electron chi connectivity index (χ4n) is 3.39. The second-order valence-electron chi connectivity index (χ2n) is 9.85. The minimum absolute atomic E-state index is 0.140. The van der Waals surface area contributed by atoms with E-state index in [-0.39, 0.29) is 17.9 Å². The largest absolute Gasteiger partial charge is 0.497 e. The van der Waals surface area contributed by atoms with Gasteiger partial charge in [-0.05, 0) is 56.5 Å². The van der Waals surface area contributed by atoms with Crippen LogP contribution in [0.3, 0.4) is 0 Å². The van der Waals surface area contributed by atoms with E-state index in [1.54, 1.807) is 51.1 Å². The van der Waals surface area contributed by atoms with Crippen molar-refractivity contribution < 1.29 is 27.5 Å². The molecule has 0 aliphatic carbocycles. The van der Waals surface area contributed by atoms with Crippen molar-refractivity contribution in [2.24, 2.45) is 5.92 Å². The molecule has 0 unspecified atom stereocenters. The van der Waals surface area contributed by atoms with E-state index in [9.17, 15) is 18.0 Å². The minimum atomic E-state index is -4.47. The van der Waals surface area contributed by atoms with E-state index in [0.29, 0.717) is 23.8 Å². The number of amides is 1. The summed E-state index contributed by atoms with van der Waals surface area (Å²) in [6.45, 7) is 9.16. The Morgan fingerprint density at radius 3 is 2.08 bits per heavy atom. The minimum Gasteiger partial charge on any atom is -0.497 e. The molecule has 0 aromatic heterocycles. The first kappa shape index (κ1) is 29.3. The highest BCUT2D eigenvalue weighted by Gasteiger charge is 2.52. The van der Waals surface area contributed by atoms with Gasteiger partial charge in [0.05, 0.1) is 18.6 Å². The summed E-state index contributed by atoms with van der Waals surface area (Å²) in [6, 6.07) is 14.3. The van der Waals surface area contributed by atoms with Crippen LogP contribution in [0.1, 0.15) is 40.2 Å². The first-order valence-corrected chi connectivity index (χ1v) is 13.2. The van der Waals surface area contributed by atoms with Gasteiger partial charge in [0.25, 0.3) is 0 Å². The van der Waals surface area contributed by atoms with Crippen molar-refractivity contribution in [3.63, 3.8) is 0 Å². The predicted molar refractivity (Wildman–Crippen MR) is 138 cm³/mol. The van der Waals surface area contributed by atoms with Crippen LogP contribution in [0.15, 0.2) is 59.5 Å². The number of hydrazine groups is 1. The Morgan fingerprint density at radius 2 is 1.56 bits per heavy atom. The van der Waals surface area contributed by atoms with Crippen molar-refractivity contribution >= 4 is 21.7 Å². The van der Waals surface area contributed by atoms with Gasteiger partial charge in [-0.15, -0.1) is 0 Å². The molecule has 2 rings (SSSR count). The van der Waals surface area contributed by atoms with E-state index in [1.807, 2.05) is 13.8 Å². The van der Waals surface area contributed by atoms with Gasteiger partial charge in [-0.1, -0.05) is 44.2 Å². The summed E-state index contributed by atoms with van der Waals surface area (Å²) in [4.78, 5) is 24.3. The molecule has 36 heavy (non-hydrogen) atoms. The smallest absolute Gasteiger partial charge is 0.409 e. The van der Waals surface area contributed by atoms with Gasteiger partial charge in [-0.3, -0.25) is 21.0 Å². The van der Waals surface area contributed by atoms with Gasteiger partial charge in [0, 0.05) is 13.0 Å². The molecule has 2 aromatic carbocycles. The lowest BCUT2D eigenvalue weighted by Gasteiger charge is -2.34. The third-order valence-electron chi connectivity index (χ3n) is 5.16. The number of sulfone groups is 1. The fourth-order valence-corrected chi connectivity index (χ4v) is 5.24. The molecule has 198 valence electrons. The molecule has 9 nitrogen and oxygen atoms in total. The van der Waals surface area contributed by atoms with E-state index in [0.717, 1.165) is 0 Å². The van der Waals surface area contributed by atoms with E-state index in [1.165, 1.54) is 31.4 Å². The van der Waals surface area contributed by atoms with Crippen LogP contribution in [0.2, 0.25) is 0 Å². The number of nitrogens with one attached hydrogen (secondary N) is 3. The summed E-state index contributed by atoms with van der Waals surface area (Å²) in [7, 11) is -3.01. The van der Waals surface area contributed by atoms with Crippen LogP contribution in [0.4, 0.5) is 4.79 Å². The van der Waals surface area contributed by atoms with Crippen molar-refractivity contribution in [1.29, 1.82) is 0 Å². The summed E-state index contributed by atoms with van der Waals surface area (Å²) in [5, 5.41) is 2.45. The summed E-state index contributed by atoms with van der Waals surface area (Å²) in [6.07, 6.45) is -1.31. The zero-order valence-electron chi connectivity index (χ0n) is 21.8. The van der Waals surface area contributed by atoms with Crippen LogP contribution >= 0.6 is 0 Å². The van der Waals surface area contributed by atoms with Gasteiger partial charge in [0.2, 0.25) is 14.7 Å². The molecule has 0 heterocycles. The fraction of sp³-hybridized carbons (Fsp3) is 0.462. The molecule has 1 amide bonds. The number of ether oxygens (including phenoxy) is 2. The average Bonchev–Trinajstić information content (AvgIpc) is 2.80. The topological polar surface area (TPSA) is 123 Å². The van der Waals surface area contributed by atoms with Crippen molar-refractivity contribution in [1.82, 2.24) is 16.2 Å². The first-order chi connectivity index (χ1) is 16.8.